The van der Waals surface area contributed by atoms with Crippen molar-refractivity contribution in [1.82, 2.24) is 0 Å². The first-order chi connectivity index (χ1) is 45.6. The number of fused-ring (bicyclic) bond motifs is 2. The molecule has 608 valence electrons. The SMILES string of the molecule is CCC(C)(C(=O)OC(C)(C)C)C(F)(F)F.CCC(C)(C(=O)OC(C)(C)C)C(F)(F)F.CCC(C)(C(=O)OC1CC2CC(CC(O)(C(F)(F)F)C(F)(F)F)C1C2)C(F)(F)F.CCC(C)(C)C(=O)OCCC[Si](C)(C)C.CCC(C)[Si]1(C)O[Si](C)(C)O[Si](C)(C)O[Si](C)(C)O1.CCC(C)c1ccccc1. The molecule has 3 aliphatic rings. The number of carbonyl (C=O) groups excluding carboxylic acids is 4. The molecule has 1 heterocycles. The average molecular weight is 1600 g/mol. The van der Waals surface area contributed by atoms with Gasteiger partial charge in [0.2, 0.25) is 0 Å². The van der Waals surface area contributed by atoms with Crippen molar-refractivity contribution < 1.29 is 126 Å². The van der Waals surface area contributed by atoms with Crippen LogP contribution in [0.15, 0.2) is 30.3 Å². The first-order valence-electron chi connectivity index (χ1n) is 35.4. The molecule has 103 heavy (non-hydrogen) atoms. The molecule has 2 bridgehead atoms. The predicted octanol–water partition coefficient (Wildman–Crippen LogP) is 22.7. The monoisotopic (exact) mass is 1600 g/mol. The zero-order valence-electron chi connectivity index (χ0n) is 66.6. The molecule has 2 aliphatic carbocycles. The minimum absolute atomic E-state index is 0.0550. The van der Waals surface area contributed by atoms with Gasteiger partial charge in [0.15, 0.2) is 16.2 Å². The number of esters is 4. The minimum Gasteiger partial charge on any atom is -0.465 e. The van der Waals surface area contributed by atoms with Crippen LogP contribution in [-0.2, 0) is 54.6 Å². The molecule has 3 fully saturated rings. The van der Waals surface area contributed by atoms with Gasteiger partial charge in [-0.05, 0) is 221 Å². The van der Waals surface area contributed by atoms with Crippen LogP contribution in [0.25, 0.3) is 0 Å². The Labute approximate surface area is 610 Å². The molecular weight excluding hydrogens is 1470 g/mol. The van der Waals surface area contributed by atoms with Crippen LogP contribution in [0.1, 0.15) is 214 Å². The smallest absolute Gasteiger partial charge is 0.426 e. The summed E-state index contributed by atoms with van der Waals surface area (Å²) in [5.41, 5.74) is -12.8. The second kappa shape index (κ2) is 38.0. The molecule has 2 saturated carbocycles. The summed E-state index contributed by atoms with van der Waals surface area (Å²) in [6.45, 7) is 52.6. The molecular formula is C70H125F15O13Si5. The number of halogens is 15. The van der Waals surface area contributed by atoms with Crippen molar-refractivity contribution in [3.05, 3.63) is 35.9 Å². The number of ether oxygens (including phenoxy) is 4. The molecule has 1 aromatic carbocycles. The average Bonchev–Trinajstić information content (AvgIpc) is 1.59. The lowest BCUT2D eigenvalue weighted by atomic mass is 9.78. The third-order valence-electron chi connectivity index (χ3n) is 18.9. The largest absolute Gasteiger partial charge is 0.465 e. The second-order valence-electron chi connectivity index (χ2n) is 33.2. The minimum atomic E-state index is -5.98. The van der Waals surface area contributed by atoms with Crippen molar-refractivity contribution in [3.63, 3.8) is 0 Å². The van der Waals surface area contributed by atoms with Gasteiger partial charge in [0.25, 0.3) is 5.60 Å². The zero-order valence-corrected chi connectivity index (χ0v) is 71.6. The third kappa shape index (κ3) is 31.8. The fourth-order valence-corrected chi connectivity index (χ4v) is 33.9. The Morgan fingerprint density at radius 3 is 1.18 bits per heavy atom. The van der Waals surface area contributed by atoms with Gasteiger partial charge in [0.1, 0.15) is 17.3 Å². The molecule has 13 nitrogen and oxygen atoms in total. The highest BCUT2D eigenvalue weighted by Gasteiger charge is 2.72. The third-order valence-corrected chi connectivity index (χ3v) is 38.0. The van der Waals surface area contributed by atoms with E-state index in [0.717, 1.165) is 40.0 Å². The van der Waals surface area contributed by atoms with Crippen LogP contribution in [-0.4, -0.2) is 132 Å². The van der Waals surface area contributed by atoms with Gasteiger partial charge >= 0.3 is 89.0 Å². The van der Waals surface area contributed by atoms with Crippen molar-refractivity contribution in [2.24, 2.45) is 39.4 Å². The van der Waals surface area contributed by atoms with E-state index in [0.29, 0.717) is 25.0 Å². The summed E-state index contributed by atoms with van der Waals surface area (Å²) < 4.78 is 238. The quantitative estimate of drug-likeness (QED) is 0.0458. The van der Waals surface area contributed by atoms with E-state index in [1.165, 1.54) is 73.4 Å². The molecule has 33 heteroatoms. The van der Waals surface area contributed by atoms with Gasteiger partial charge in [-0.3, -0.25) is 19.2 Å². The fraction of sp³-hybridized carbons (Fsp3) is 0.857. The maximum absolute atomic E-state index is 13.2. The van der Waals surface area contributed by atoms with E-state index >= 15 is 0 Å². The van der Waals surface area contributed by atoms with E-state index in [9.17, 15) is 90.1 Å². The summed E-state index contributed by atoms with van der Waals surface area (Å²) in [7, 11) is -9.77. The fourth-order valence-electron chi connectivity index (χ4n) is 10.9. The molecule has 0 amide bonds. The van der Waals surface area contributed by atoms with Crippen LogP contribution in [0.4, 0.5) is 65.9 Å². The van der Waals surface area contributed by atoms with Gasteiger partial charge < -0.3 is 40.5 Å². The topological polar surface area (TPSA) is 162 Å². The molecule has 1 saturated heterocycles. The second-order valence-corrected chi connectivity index (χ2v) is 53.5. The van der Waals surface area contributed by atoms with Crippen molar-refractivity contribution >= 4 is 66.2 Å². The highest BCUT2D eigenvalue weighted by atomic mass is 28.5. The first-order valence-corrected chi connectivity index (χ1v) is 49.9. The van der Waals surface area contributed by atoms with Gasteiger partial charge in [0.05, 0.1) is 12.0 Å². The Morgan fingerprint density at radius 1 is 0.515 bits per heavy atom. The number of benzene rings is 1. The summed E-state index contributed by atoms with van der Waals surface area (Å²) in [6, 6.07) is 11.9. The van der Waals surface area contributed by atoms with Gasteiger partial charge in [-0.15, -0.1) is 0 Å². The Bertz CT molecular complexity index is 2680. The number of carbonyl (C=O) groups is 4. The van der Waals surface area contributed by atoms with Crippen LogP contribution >= 0.6 is 0 Å². The van der Waals surface area contributed by atoms with Crippen molar-refractivity contribution in [1.29, 1.82) is 0 Å². The molecule has 1 aromatic rings. The Kier molecular flexibility index (Phi) is 37.7. The summed E-state index contributed by atoms with van der Waals surface area (Å²) in [5, 5.41) is 9.41. The molecule has 9 atom stereocenters. The number of alkyl halides is 15. The maximum atomic E-state index is 13.2. The van der Waals surface area contributed by atoms with E-state index in [2.05, 4.69) is 123 Å². The summed E-state index contributed by atoms with van der Waals surface area (Å²) >= 11 is 0. The van der Waals surface area contributed by atoms with Crippen molar-refractivity contribution in [2.45, 2.75) is 339 Å². The normalized spacial score (nSPS) is 22.2. The van der Waals surface area contributed by atoms with E-state index < -0.39 is 155 Å². The predicted molar refractivity (Wildman–Crippen MR) is 382 cm³/mol. The van der Waals surface area contributed by atoms with E-state index in [4.69, 9.17) is 35.4 Å². The van der Waals surface area contributed by atoms with Crippen LogP contribution in [0.5, 0.6) is 0 Å². The molecule has 0 spiro atoms. The molecule has 0 radical (unpaired) electrons. The number of aliphatic hydroxyl groups is 1. The van der Waals surface area contributed by atoms with Crippen LogP contribution in [0.3, 0.4) is 0 Å². The van der Waals surface area contributed by atoms with E-state index in [1.807, 2.05) is 20.8 Å². The van der Waals surface area contributed by atoms with E-state index in [-0.39, 0.29) is 49.4 Å². The highest BCUT2D eigenvalue weighted by molar-refractivity contribution is 6.93. The summed E-state index contributed by atoms with van der Waals surface area (Å²) in [6.07, 6.45) is -25.9. The lowest BCUT2D eigenvalue weighted by molar-refractivity contribution is -0.373. The maximum Gasteiger partial charge on any atom is 0.426 e. The molecule has 0 aromatic heterocycles. The van der Waals surface area contributed by atoms with Crippen LogP contribution in [0, 0.1) is 39.4 Å². The summed E-state index contributed by atoms with van der Waals surface area (Å²) in [4.78, 5) is 46.6. The van der Waals surface area contributed by atoms with E-state index in [1.54, 1.807) is 0 Å². The standard InChI is InChI=1S/C17H21F9O3.C12H26O2Si.C11H30O4Si4.2C10H17F3O2.C10H14/c1-3-13(2,15(18,19)20)12(27)29-11-6-8-4-9(10(11)5-8)7-14(28,16(21,22)23)17(24,25)26;1-7-12(2,3)11(13)14-9-8-10-15(4,5)6;1-10-11(2)19(9)14-17(5,6)12-16(3,4)13-18(7,8)15-19;2*1-6-9(5,10(11,12)13)7(14)15-8(2,3)4;1-3-9(2)10-7-5-4-6-8-10/h8-11,28H,3-7H2,1-2H3;7-10H2,1-6H3;11H,10H2,1-9H3;2*6H2,1-5H3;4-9H,3H2,1-2H3. The van der Waals surface area contributed by atoms with Gasteiger partial charge in [-0.2, -0.15) is 65.9 Å². The number of rotatable bonds is 19. The van der Waals surface area contributed by atoms with Crippen LogP contribution < -0.4 is 0 Å². The Hall–Kier alpha value is -3.07. The molecule has 1 aliphatic heterocycles. The lowest BCUT2D eigenvalue weighted by Crippen LogP contribution is -2.66. The van der Waals surface area contributed by atoms with Gasteiger partial charge in [0, 0.05) is 8.07 Å². The van der Waals surface area contributed by atoms with Crippen molar-refractivity contribution in [2.75, 3.05) is 6.61 Å². The summed E-state index contributed by atoms with van der Waals surface area (Å²) in [5.74, 6) is -6.04. The number of hydrogen-bond donors (Lipinski definition) is 1. The van der Waals surface area contributed by atoms with Crippen LogP contribution in [0.2, 0.25) is 77.1 Å². The van der Waals surface area contributed by atoms with Gasteiger partial charge in [-0.25, -0.2) is 0 Å². The highest BCUT2D eigenvalue weighted by Crippen LogP contribution is 2.57. The molecule has 1 N–H and O–H groups in total. The van der Waals surface area contributed by atoms with Gasteiger partial charge in [-0.1, -0.05) is 118 Å². The lowest BCUT2D eigenvalue weighted by Gasteiger charge is -2.49. The zero-order chi connectivity index (χ0) is 82.2. The Morgan fingerprint density at radius 2 is 0.883 bits per heavy atom. The van der Waals surface area contributed by atoms with Crippen molar-refractivity contribution in [3.8, 4) is 0 Å². The first kappa shape index (κ1) is 102. The molecule has 4 rings (SSSR count). The molecule has 9 unspecified atom stereocenters. The Balaban J connectivity index is 0. The number of hydrogen-bond acceptors (Lipinski definition) is 13.